The van der Waals surface area contributed by atoms with Crippen molar-refractivity contribution in [2.75, 3.05) is 47.6 Å². The van der Waals surface area contributed by atoms with Crippen LogP contribution in [0.1, 0.15) is 0 Å². The van der Waals surface area contributed by atoms with E-state index in [1.165, 1.54) is 48.5 Å². The quantitative estimate of drug-likeness (QED) is 0.0111. The van der Waals surface area contributed by atoms with Crippen molar-refractivity contribution in [3.63, 3.8) is 0 Å². The molecule has 100 heavy (non-hydrogen) atoms. The Morgan fingerprint density at radius 1 is 0.430 bits per heavy atom. The van der Waals surface area contributed by atoms with E-state index in [4.69, 9.17) is 33.4 Å². The van der Waals surface area contributed by atoms with Gasteiger partial charge in [0.05, 0.1) is 23.1 Å². The molecule has 10 rings (SSSR count). The van der Waals surface area contributed by atoms with Crippen molar-refractivity contribution in [1.29, 1.82) is 0 Å². The summed E-state index contributed by atoms with van der Waals surface area (Å²) in [5, 5.41) is 108. The molecule has 0 aliphatic heterocycles. The number of nitro benzene ring substituents is 2. The Kier molecular flexibility index (Phi) is 32.5. The van der Waals surface area contributed by atoms with Crippen LogP contribution in [0.15, 0.2) is 137 Å². The number of nitrogens with zero attached hydrogens (tertiary/aromatic N) is 12. The molecule has 0 amide bonds. The van der Waals surface area contributed by atoms with Gasteiger partial charge in [0, 0.05) is 63.5 Å². The van der Waals surface area contributed by atoms with Crippen LogP contribution < -0.4 is 169 Å². The van der Waals surface area contributed by atoms with Gasteiger partial charge in [0.1, 0.15) is 65.2 Å². The fourth-order valence-corrected chi connectivity index (χ4v) is 12.2. The molecule has 0 saturated heterocycles. The number of nitrogens with one attached hydrogen (secondary N) is 4. The molecule has 0 aliphatic carbocycles. The number of aromatic nitrogens is 6. The van der Waals surface area contributed by atoms with Crippen molar-refractivity contribution < 1.29 is 257 Å². The molecule has 2 aromatic heterocycles. The number of rotatable bonds is 20. The van der Waals surface area contributed by atoms with Gasteiger partial charge in [0.25, 0.3) is 51.8 Å². The van der Waals surface area contributed by atoms with Gasteiger partial charge in [-0.1, -0.05) is 48.5 Å². The van der Waals surface area contributed by atoms with E-state index in [-0.39, 0.29) is 269 Å². The van der Waals surface area contributed by atoms with Gasteiger partial charge in [-0.3, -0.25) is 38.4 Å². The zero-order chi connectivity index (χ0) is 68.5. The number of benzene rings is 8. The SMILES string of the molecule is O=[N+]([O-])c1cc2c(S(=O)(=O)O)c(N=Nc3c(S(=O)(=O)O)cc4ccccc4c3O)c(O)cc2cc1Nc1nc(Cl)nc(NCCO)n1.O=[N+]([O-])c1cc2c(S(=O)(=O)O)c(N=Nc3c(S(=O)(=O)O)cc4ccccc4c3O)c(O)cc2cc1Nc1nc(Cl)nc(NCCO)n1.[Co].[Na+].[Na+].[Na+].[Na+].[Na+]. The Morgan fingerprint density at radius 3 is 1.06 bits per heavy atom. The molecular weight excluding hydrogens is 1550 g/mol. The number of halogens is 2. The van der Waals surface area contributed by atoms with Gasteiger partial charge in [-0.2, -0.15) is 63.6 Å². The van der Waals surface area contributed by atoms with E-state index < -0.39 is 138 Å². The average molecular weight is 1590 g/mol. The van der Waals surface area contributed by atoms with Gasteiger partial charge in [-0.15, -0.1) is 20.5 Å². The standard InChI is InChI=1S/2C25H19ClN8O11S2.Co.5Na/c2*26-23-29-24(27-5-6-35)31-25(30-23)28-15-7-12-8-17(36)19(22(47(43,44)45)14(12)10-16(15)34(38)39)32-33-20-18(46(40,41)42)9-11-3-1-2-4-13(11)21(20)37;;;;;;/h2*1-4,7-10,35-37H,5-6H2,(H,40,41,42)(H,43,44,45)(H2,27,28,29,30,31);;;;;;/q;;;5*+1. The zero-order valence-electron chi connectivity index (χ0n) is 51.5. The van der Waals surface area contributed by atoms with E-state index in [1.807, 2.05) is 0 Å². The second kappa shape index (κ2) is 36.5. The van der Waals surface area contributed by atoms with Crippen molar-refractivity contribution in [3.05, 3.63) is 128 Å². The van der Waals surface area contributed by atoms with E-state index in [1.54, 1.807) is 0 Å². The normalized spacial score (nSPS) is 11.4. The Hall–Kier alpha value is -5.13. The van der Waals surface area contributed by atoms with Crippen LogP contribution >= 0.6 is 23.2 Å². The maximum absolute atomic E-state index is 12.6. The second-order valence-electron chi connectivity index (χ2n) is 18.8. The van der Waals surface area contributed by atoms with Gasteiger partial charge in [0.15, 0.2) is 11.5 Å². The van der Waals surface area contributed by atoms with Crippen LogP contribution in [0.5, 0.6) is 23.0 Å². The van der Waals surface area contributed by atoms with E-state index in [0.717, 1.165) is 48.5 Å². The predicted octanol–water partition coefficient (Wildman–Crippen LogP) is -6.57. The van der Waals surface area contributed by atoms with Gasteiger partial charge < -0.3 is 51.9 Å². The minimum absolute atomic E-state index is 0. The molecule has 0 aliphatic rings. The van der Waals surface area contributed by atoms with Crippen molar-refractivity contribution in [3.8, 4) is 23.0 Å². The topological polar surface area (TPSA) is 600 Å². The van der Waals surface area contributed by atoms with Crippen LogP contribution in [0, 0.1) is 20.2 Å². The number of anilines is 6. The van der Waals surface area contributed by atoms with Gasteiger partial charge in [-0.25, -0.2) is 0 Å². The fraction of sp³-hybridized carbons (Fsp3) is 0.0800. The third kappa shape index (κ3) is 20.6. The Morgan fingerprint density at radius 2 is 0.750 bits per heavy atom. The number of hydrogen-bond donors (Lipinski definition) is 14. The zero-order valence-corrected chi connectivity index (χ0v) is 67.3. The number of nitro groups is 2. The first-order chi connectivity index (χ1) is 44.2. The number of phenols is 4. The molecule has 0 spiro atoms. The van der Waals surface area contributed by atoms with Gasteiger partial charge >= 0.3 is 148 Å². The Balaban J connectivity index is 0.000000491. The predicted molar refractivity (Wildman–Crippen MR) is 331 cm³/mol. The monoisotopic (exact) mass is 1590 g/mol. The summed E-state index contributed by atoms with van der Waals surface area (Å²) in [4.78, 5) is 41.3. The Labute approximate surface area is 692 Å². The summed E-state index contributed by atoms with van der Waals surface area (Å²) in [5.41, 5.74) is -5.89. The third-order valence-electron chi connectivity index (χ3n) is 12.7. The van der Waals surface area contributed by atoms with Crippen LogP contribution in [0.4, 0.5) is 69.3 Å². The largest absolute Gasteiger partial charge is 1.00 e. The molecule has 0 saturated carbocycles. The molecule has 8 aromatic carbocycles. The molecular formula is C50H38Cl2CoN16Na5O22S4+5. The van der Waals surface area contributed by atoms with Gasteiger partial charge in [-0.05, 0) is 81.1 Å². The smallest absolute Gasteiger partial charge is 0.506 e. The van der Waals surface area contributed by atoms with Crippen LogP contribution in [-0.4, -0.2) is 149 Å². The minimum Gasteiger partial charge on any atom is -0.506 e. The van der Waals surface area contributed by atoms with E-state index in [9.17, 15) is 92.5 Å². The average Bonchev–Trinajstić information content (AvgIpc) is 0.758. The summed E-state index contributed by atoms with van der Waals surface area (Å²) in [7, 11) is -20.9. The molecule has 497 valence electrons. The molecule has 38 nitrogen and oxygen atoms in total. The van der Waals surface area contributed by atoms with Gasteiger partial charge in [0.2, 0.25) is 34.4 Å². The molecule has 0 fully saturated rings. The van der Waals surface area contributed by atoms with E-state index in [2.05, 4.69) is 71.6 Å². The van der Waals surface area contributed by atoms with Crippen molar-refractivity contribution >= 4 is 176 Å². The van der Waals surface area contributed by atoms with Crippen molar-refractivity contribution in [1.82, 2.24) is 29.9 Å². The first-order valence-corrected chi connectivity index (χ1v) is 31.9. The first-order valence-electron chi connectivity index (χ1n) is 25.4. The Bertz CT molecular complexity index is 5080. The maximum atomic E-state index is 12.6. The fourth-order valence-electron chi connectivity index (χ4n) is 8.90. The van der Waals surface area contributed by atoms with Crippen LogP contribution in [0.3, 0.4) is 0 Å². The summed E-state index contributed by atoms with van der Waals surface area (Å²) < 4.78 is 139. The summed E-state index contributed by atoms with van der Waals surface area (Å²) in [6.45, 7) is -0.501. The van der Waals surface area contributed by atoms with Crippen LogP contribution in [0.2, 0.25) is 10.6 Å². The summed E-state index contributed by atoms with van der Waals surface area (Å²) in [6.07, 6.45) is 0. The minimum atomic E-state index is -5.37. The molecule has 10 aromatic rings. The number of phenolic OH excluding ortho intramolecular Hbond substituents is 4. The van der Waals surface area contributed by atoms with E-state index >= 15 is 0 Å². The van der Waals surface area contributed by atoms with E-state index in [0.29, 0.717) is 0 Å². The number of fused-ring (bicyclic) bond motifs is 4. The summed E-state index contributed by atoms with van der Waals surface area (Å²) >= 11 is 11.8. The molecule has 0 atom stereocenters. The number of azo groups is 2. The molecule has 50 heteroatoms. The molecule has 1 radical (unpaired) electrons. The molecule has 0 bridgehead atoms. The third-order valence-corrected chi connectivity index (χ3v) is 16.6. The number of hydrogen-bond acceptors (Lipinski definition) is 32. The summed E-state index contributed by atoms with van der Waals surface area (Å²) in [6, 6.07) is 18.9. The van der Waals surface area contributed by atoms with Crippen molar-refractivity contribution in [2.24, 2.45) is 20.5 Å². The number of aliphatic hydroxyl groups excluding tert-OH is 2. The van der Waals surface area contributed by atoms with Crippen molar-refractivity contribution in [2.45, 2.75) is 19.6 Å². The number of aromatic hydroxyl groups is 4. The molecule has 0 unspecified atom stereocenters. The van der Waals surface area contributed by atoms with Crippen LogP contribution in [0.25, 0.3) is 43.1 Å². The summed E-state index contributed by atoms with van der Waals surface area (Å²) in [5.74, 6) is -4.28. The first kappa shape index (κ1) is 89.1. The number of aliphatic hydroxyl groups is 2. The maximum Gasteiger partial charge on any atom is 1.00 e. The second-order valence-corrected chi connectivity index (χ2v) is 25.0. The molecule has 14 N–H and O–H groups in total. The van der Waals surface area contributed by atoms with Crippen LogP contribution in [-0.2, 0) is 57.3 Å². The molecule has 2 heterocycles.